The van der Waals surface area contributed by atoms with Gasteiger partial charge in [-0.1, -0.05) is 28.9 Å². The van der Waals surface area contributed by atoms with E-state index in [1.54, 1.807) is 6.07 Å². The Labute approximate surface area is 112 Å². The van der Waals surface area contributed by atoms with E-state index in [4.69, 9.17) is 23.2 Å². The van der Waals surface area contributed by atoms with E-state index in [2.05, 4.69) is 9.99 Å². The second-order valence-corrected chi connectivity index (χ2v) is 4.04. The molecule has 0 N–H and O–H groups in total. The fourth-order valence-electron chi connectivity index (χ4n) is 1.09. The molecule has 1 unspecified atom stereocenters. The van der Waals surface area contributed by atoms with Crippen molar-refractivity contribution < 1.29 is 14.6 Å². The van der Waals surface area contributed by atoms with Crippen molar-refractivity contribution in [3.8, 4) is 0 Å². The number of carbonyl (C=O) groups is 1. The highest BCUT2D eigenvalue weighted by Crippen LogP contribution is 2.27. The maximum atomic E-state index is 10.6. The van der Waals surface area contributed by atoms with E-state index in [1.807, 2.05) is 0 Å². The highest BCUT2D eigenvalue weighted by Gasteiger charge is 2.17. The molecule has 6 nitrogen and oxygen atoms in total. The van der Waals surface area contributed by atoms with Crippen molar-refractivity contribution in [3.05, 3.63) is 39.9 Å². The summed E-state index contributed by atoms with van der Waals surface area (Å²) in [4.78, 5) is 24.9. The Morgan fingerprint density at radius 2 is 2.22 bits per heavy atom. The number of rotatable bonds is 4. The van der Waals surface area contributed by atoms with Crippen molar-refractivity contribution in [2.45, 2.75) is 12.3 Å². The first-order valence-corrected chi connectivity index (χ1v) is 5.52. The molecule has 0 aliphatic heterocycles. The maximum Gasteiger partial charge on any atom is 0.332 e. The summed E-state index contributed by atoms with van der Waals surface area (Å²) in [5, 5.41) is 12.8. The summed E-state index contributed by atoms with van der Waals surface area (Å²) < 4.78 is 0. The van der Waals surface area contributed by atoms with Gasteiger partial charge in [-0.25, -0.2) is 4.79 Å². The minimum Gasteiger partial charge on any atom is -0.317 e. The fraction of sp³-hybridized carbons (Fsp3) is 0.200. The predicted molar refractivity (Wildman–Crippen MR) is 66.7 cm³/mol. The van der Waals surface area contributed by atoms with Crippen LogP contribution in [0.2, 0.25) is 0 Å². The van der Waals surface area contributed by atoms with Crippen LogP contribution in [0.1, 0.15) is 17.9 Å². The van der Waals surface area contributed by atoms with Crippen LogP contribution in [0.15, 0.2) is 29.4 Å². The third-order valence-electron chi connectivity index (χ3n) is 1.84. The Kier molecular flexibility index (Phi) is 5.06. The Bertz CT molecular complexity index is 504. The molecule has 8 heteroatoms. The second-order valence-electron chi connectivity index (χ2n) is 3.21. The Morgan fingerprint density at radius 3 is 2.78 bits per heavy atom. The highest BCUT2D eigenvalue weighted by molar-refractivity contribution is 6.70. The quantitative estimate of drug-likeness (QED) is 0.281. The average molecular weight is 291 g/mol. The van der Waals surface area contributed by atoms with E-state index in [1.165, 1.54) is 18.2 Å². The van der Waals surface area contributed by atoms with Gasteiger partial charge in [0, 0.05) is 19.1 Å². The van der Waals surface area contributed by atoms with Gasteiger partial charge in [-0.15, -0.1) is 11.6 Å². The van der Waals surface area contributed by atoms with Crippen LogP contribution in [-0.2, 0) is 9.63 Å². The predicted octanol–water partition coefficient (Wildman–Crippen LogP) is 2.99. The first-order chi connectivity index (χ1) is 8.41. The van der Waals surface area contributed by atoms with E-state index < -0.39 is 16.3 Å². The van der Waals surface area contributed by atoms with Crippen molar-refractivity contribution in [1.82, 2.24) is 0 Å². The molecule has 18 heavy (non-hydrogen) atoms. The van der Waals surface area contributed by atoms with E-state index in [-0.39, 0.29) is 10.9 Å². The van der Waals surface area contributed by atoms with Crippen molar-refractivity contribution in [3.63, 3.8) is 0 Å². The normalized spacial score (nSPS) is 12.9. The molecule has 0 fully saturated rings. The average Bonchev–Trinajstić information content (AvgIpc) is 2.35. The van der Waals surface area contributed by atoms with E-state index in [0.717, 1.165) is 6.92 Å². The molecule has 0 aromatic heterocycles. The SMILES string of the molecule is CC(=O)O/N=C(\Cl)C(Cl)c1cccc([N+](=O)[O-])c1. The highest BCUT2D eigenvalue weighted by atomic mass is 35.5. The lowest BCUT2D eigenvalue weighted by atomic mass is 10.1. The molecular formula is C10H8Cl2N2O4. The van der Waals surface area contributed by atoms with Crippen LogP contribution >= 0.6 is 23.2 Å². The molecule has 1 rings (SSSR count). The number of oxime groups is 1. The minimum atomic E-state index is -0.925. The van der Waals surface area contributed by atoms with Crippen molar-refractivity contribution >= 4 is 40.0 Å². The number of hydrogen-bond acceptors (Lipinski definition) is 5. The van der Waals surface area contributed by atoms with Gasteiger partial charge in [0.2, 0.25) is 0 Å². The number of hydrogen-bond donors (Lipinski definition) is 0. The Morgan fingerprint density at radius 1 is 1.56 bits per heavy atom. The van der Waals surface area contributed by atoms with Crippen LogP contribution < -0.4 is 0 Å². The zero-order valence-corrected chi connectivity index (χ0v) is 10.7. The lowest BCUT2D eigenvalue weighted by Gasteiger charge is -2.06. The van der Waals surface area contributed by atoms with Gasteiger partial charge in [0.15, 0.2) is 5.17 Å². The first-order valence-electron chi connectivity index (χ1n) is 4.71. The summed E-state index contributed by atoms with van der Waals surface area (Å²) in [5.74, 6) is -0.643. The molecule has 0 bridgehead atoms. The van der Waals surface area contributed by atoms with Gasteiger partial charge < -0.3 is 4.84 Å². The first kappa shape index (κ1) is 14.4. The number of nitrogens with zero attached hydrogens (tertiary/aromatic N) is 2. The Hall–Kier alpha value is -1.66. The molecule has 1 aromatic carbocycles. The van der Waals surface area contributed by atoms with Crippen molar-refractivity contribution in [2.75, 3.05) is 0 Å². The van der Waals surface area contributed by atoms with Gasteiger partial charge in [0.1, 0.15) is 5.38 Å². The number of carbonyl (C=O) groups excluding carboxylic acids is 1. The molecule has 96 valence electrons. The van der Waals surface area contributed by atoms with Gasteiger partial charge in [0.25, 0.3) is 5.69 Å². The van der Waals surface area contributed by atoms with Gasteiger partial charge >= 0.3 is 5.97 Å². The summed E-state index contributed by atoms with van der Waals surface area (Å²) in [6.07, 6.45) is 0. The summed E-state index contributed by atoms with van der Waals surface area (Å²) in [5.41, 5.74) is 0.266. The lowest BCUT2D eigenvalue weighted by Crippen LogP contribution is -2.03. The number of halogens is 2. The maximum absolute atomic E-state index is 10.6. The van der Waals surface area contributed by atoms with Crippen LogP contribution in [0.25, 0.3) is 0 Å². The molecule has 0 saturated heterocycles. The minimum absolute atomic E-state index is 0.116. The van der Waals surface area contributed by atoms with Crippen LogP contribution in [-0.4, -0.2) is 16.1 Å². The van der Waals surface area contributed by atoms with Crippen molar-refractivity contribution in [2.24, 2.45) is 5.16 Å². The molecular weight excluding hydrogens is 283 g/mol. The zero-order chi connectivity index (χ0) is 13.7. The van der Waals surface area contributed by atoms with E-state index >= 15 is 0 Å². The third kappa shape index (κ3) is 3.97. The van der Waals surface area contributed by atoms with Crippen molar-refractivity contribution in [1.29, 1.82) is 0 Å². The number of non-ortho nitro benzene ring substituents is 1. The molecule has 1 atom stereocenters. The molecule has 0 saturated carbocycles. The van der Waals surface area contributed by atoms with E-state index in [9.17, 15) is 14.9 Å². The van der Waals surface area contributed by atoms with Crippen LogP contribution in [0.4, 0.5) is 5.69 Å². The molecule has 0 heterocycles. The monoisotopic (exact) mass is 290 g/mol. The summed E-state index contributed by atoms with van der Waals surface area (Å²) in [7, 11) is 0. The van der Waals surface area contributed by atoms with Gasteiger partial charge in [0.05, 0.1) is 4.92 Å². The van der Waals surface area contributed by atoms with Gasteiger partial charge in [-0.3, -0.25) is 10.1 Å². The summed E-state index contributed by atoms with van der Waals surface area (Å²) in [6.45, 7) is 1.16. The number of alkyl halides is 1. The number of nitro groups is 1. The topological polar surface area (TPSA) is 81.8 Å². The Balaban J connectivity index is 2.92. The van der Waals surface area contributed by atoms with Crippen LogP contribution in [0, 0.1) is 10.1 Å². The van der Waals surface area contributed by atoms with Crippen LogP contribution in [0.3, 0.4) is 0 Å². The lowest BCUT2D eigenvalue weighted by molar-refractivity contribution is -0.384. The van der Waals surface area contributed by atoms with E-state index in [0.29, 0.717) is 5.56 Å². The fourth-order valence-corrected chi connectivity index (χ4v) is 1.42. The summed E-state index contributed by atoms with van der Waals surface area (Å²) >= 11 is 11.7. The van der Waals surface area contributed by atoms with Gasteiger partial charge in [-0.05, 0) is 5.56 Å². The molecule has 0 radical (unpaired) electrons. The smallest absolute Gasteiger partial charge is 0.317 e. The third-order valence-corrected chi connectivity index (χ3v) is 2.70. The largest absolute Gasteiger partial charge is 0.332 e. The number of benzene rings is 1. The summed E-state index contributed by atoms with van der Waals surface area (Å²) in [6, 6.07) is 5.61. The van der Waals surface area contributed by atoms with Crippen LogP contribution in [0.5, 0.6) is 0 Å². The molecule has 0 amide bonds. The molecule has 0 aliphatic carbocycles. The number of nitro benzene ring substituents is 1. The molecule has 0 spiro atoms. The molecule has 1 aromatic rings. The zero-order valence-electron chi connectivity index (χ0n) is 9.17. The standard InChI is InChI=1S/C10H8Cl2N2O4/c1-6(15)18-13-10(12)9(11)7-3-2-4-8(5-7)14(16)17/h2-5,9H,1H3/b13-10-. The molecule has 0 aliphatic rings. The van der Waals surface area contributed by atoms with Gasteiger partial charge in [-0.2, -0.15) is 0 Å². The second kappa shape index (κ2) is 6.32.